The van der Waals surface area contributed by atoms with E-state index in [0.29, 0.717) is 0 Å². The molecule has 18 heavy (non-hydrogen) atoms. The van der Waals surface area contributed by atoms with Gasteiger partial charge in [0.25, 0.3) is 5.56 Å². The number of nitrogens with zero attached hydrogens (tertiary/aromatic N) is 3. The molecule has 6 N–H and O–H groups in total. The van der Waals surface area contributed by atoms with Crippen molar-refractivity contribution in [2.45, 2.75) is 18.8 Å². The molecule has 2 atom stereocenters. The number of nitrogens with two attached hydrogens (primary N) is 1. The van der Waals surface area contributed by atoms with Crippen molar-refractivity contribution in [2.75, 3.05) is 12.3 Å². The predicted molar refractivity (Wildman–Crippen MR) is 61.7 cm³/mol. The first kappa shape index (κ1) is 12.5. The van der Waals surface area contributed by atoms with Gasteiger partial charge in [-0.25, -0.2) is 4.98 Å². The summed E-state index contributed by atoms with van der Waals surface area (Å²) in [5.74, 6) is -0.0475. The average molecular weight is 255 g/mol. The quantitative estimate of drug-likeness (QED) is 0.402. The summed E-state index contributed by atoms with van der Waals surface area (Å²) in [4.78, 5) is 21.7. The number of nitrogens with one attached hydrogen (secondary N) is 1. The van der Waals surface area contributed by atoms with Gasteiger partial charge in [-0.2, -0.15) is 4.98 Å². The third kappa shape index (κ3) is 2.18. The van der Waals surface area contributed by atoms with Gasteiger partial charge in [-0.1, -0.05) is 0 Å². The number of aromatic amines is 1. The second kappa shape index (κ2) is 4.72. The van der Waals surface area contributed by atoms with Crippen LogP contribution in [0.3, 0.4) is 0 Å². The van der Waals surface area contributed by atoms with Crippen molar-refractivity contribution < 1.29 is 15.3 Å². The highest BCUT2D eigenvalue weighted by atomic mass is 16.4. The van der Waals surface area contributed by atoms with Crippen LogP contribution in [0.25, 0.3) is 11.2 Å². The molecule has 0 unspecified atom stereocenters. The van der Waals surface area contributed by atoms with Crippen molar-refractivity contribution in [3.63, 3.8) is 0 Å². The van der Waals surface area contributed by atoms with E-state index in [9.17, 15) is 15.0 Å². The Balaban J connectivity index is 2.38. The van der Waals surface area contributed by atoms with Gasteiger partial charge in [0.05, 0.1) is 19.5 Å². The lowest BCUT2D eigenvalue weighted by Crippen LogP contribution is -2.33. The second-order valence-corrected chi connectivity index (χ2v) is 3.84. The fourth-order valence-electron chi connectivity index (χ4n) is 1.59. The summed E-state index contributed by atoms with van der Waals surface area (Å²) in [5, 5.41) is 27.5. The second-order valence-electron chi connectivity index (χ2n) is 3.84. The topological polar surface area (TPSA) is 150 Å². The Bertz CT molecular complexity index is 607. The fraction of sp³-hybridized carbons (Fsp3) is 0.444. The smallest absolute Gasteiger partial charge is 0.278 e. The van der Waals surface area contributed by atoms with E-state index in [0.717, 1.165) is 0 Å². The molecule has 0 aliphatic heterocycles. The minimum absolute atomic E-state index is 0.0475. The molecule has 2 aromatic heterocycles. The lowest BCUT2D eigenvalue weighted by molar-refractivity contribution is -0.0210. The van der Waals surface area contributed by atoms with E-state index in [4.69, 9.17) is 10.8 Å². The maximum Gasteiger partial charge on any atom is 0.278 e. The predicted octanol–water partition coefficient (Wildman–Crippen LogP) is -2.58. The van der Waals surface area contributed by atoms with Gasteiger partial charge in [-0.3, -0.25) is 9.78 Å². The number of anilines is 1. The summed E-state index contributed by atoms with van der Waals surface area (Å²) in [6.45, 7) is -0.664. The summed E-state index contributed by atoms with van der Waals surface area (Å²) >= 11 is 0. The lowest BCUT2D eigenvalue weighted by atomic mass is 10.2. The molecular formula is C9H13N5O4. The van der Waals surface area contributed by atoms with Gasteiger partial charge in [0.15, 0.2) is 11.2 Å². The van der Waals surface area contributed by atoms with Crippen LogP contribution < -0.4 is 11.3 Å². The Kier molecular flexibility index (Phi) is 3.28. The maximum absolute atomic E-state index is 11.7. The number of nitrogen functional groups attached to an aromatic ring is 1. The molecule has 98 valence electrons. The number of aliphatic hydroxyl groups is 3. The van der Waals surface area contributed by atoms with Crippen LogP contribution in [0.15, 0.2) is 11.1 Å². The van der Waals surface area contributed by atoms with Crippen LogP contribution in [0.1, 0.15) is 0 Å². The normalized spacial score (nSPS) is 14.8. The first-order chi connectivity index (χ1) is 8.52. The maximum atomic E-state index is 11.7. The minimum Gasteiger partial charge on any atom is -0.394 e. The number of rotatable bonds is 4. The molecule has 2 rings (SSSR count). The average Bonchev–Trinajstić information content (AvgIpc) is 2.71. The molecule has 0 bridgehead atoms. The van der Waals surface area contributed by atoms with E-state index in [2.05, 4.69) is 15.0 Å². The van der Waals surface area contributed by atoms with Crippen LogP contribution in [-0.4, -0.2) is 53.7 Å². The van der Waals surface area contributed by atoms with Crippen molar-refractivity contribution >= 4 is 17.1 Å². The number of fused-ring (bicyclic) bond motifs is 1. The van der Waals surface area contributed by atoms with E-state index in [1.807, 2.05) is 0 Å². The highest BCUT2D eigenvalue weighted by Gasteiger charge is 2.18. The fourth-order valence-corrected chi connectivity index (χ4v) is 1.59. The Morgan fingerprint density at radius 2 is 2.17 bits per heavy atom. The van der Waals surface area contributed by atoms with Crippen molar-refractivity contribution in [2.24, 2.45) is 0 Å². The van der Waals surface area contributed by atoms with Crippen LogP contribution in [0, 0.1) is 0 Å². The third-order valence-corrected chi connectivity index (χ3v) is 2.52. The van der Waals surface area contributed by atoms with Gasteiger partial charge in [-0.15, -0.1) is 0 Å². The summed E-state index contributed by atoms with van der Waals surface area (Å²) < 4.78 is 1.34. The standard InChI is InChI=1S/C9H13N5O4/c10-9-12-7-6(8(18)13-9)14(3-11-7)1-4(16)5(17)2-15/h3-5,15-17H,1-2H2,(H3,10,12,13,18)/t4-,5-/m1/s1. The number of aromatic nitrogens is 4. The van der Waals surface area contributed by atoms with Gasteiger partial charge >= 0.3 is 0 Å². The minimum atomic E-state index is -1.29. The SMILES string of the molecule is Nc1nc2ncn(C[C@@H](O)[C@H](O)CO)c2c(=O)[nH]1. The third-order valence-electron chi connectivity index (χ3n) is 2.52. The summed E-state index contributed by atoms with van der Waals surface area (Å²) in [5.41, 5.74) is 5.18. The molecule has 0 aliphatic carbocycles. The monoisotopic (exact) mass is 255 g/mol. The molecule has 0 fully saturated rings. The van der Waals surface area contributed by atoms with Gasteiger partial charge in [0.1, 0.15) is 12.2 Å². The first-order valence-corrected chi connectivity index (χ1v) is 5.20. The largest absolute Gasteiger partial charge is 0.394 e. The molecule has 2 heterocycles. The Morgan fingerprint density at radius 3 is 2.83 bits per heavy atom. The van der Waals surface area contributed by atoms with Crippen LogP contribution in [0.2, 0.25) is 0 Å². The van der Waals surface area contributed by atoms with Crippen molar-refractivity contribution in [1.82, 2.24) is 19.5 Å². The molecule has 0 saturated heterocycles. The molecule has 2 aromatic rings. The van der Waals surface area contributed by atoms with Crippen molar-refractivity contribution in [3.8, 4) is 0 Å². The van der Waals surface area contributed by atoms with E-state index >= 15 is 0 Å². The van der Waals surface area contributed by atoms with Gasteiger partial charge in [-0.05, 0) is 0 Å². The van der Waals surface area contributed by atoms with Crippen molar-refractivity contribution in [3.05, 3.63) is 16.7 Å². The Morgan fingerprint density at radius 1 is 1.44 bits per heavy atom. The molecule has 0 aliphatic rings. The van der Waals surface area contributed by atoms with E-state index < -0.39 is 24.4 Å². The summed E-state index contributed by atoms with van der Waals surface area (Å²) in [7, 11) is 0. The number of hydrogen-bond donors (Lipinski definition) is 5. The lowest BCUT2D eigenvalue weighted by Gasteiger charge is -2.15. The number of hydrogen-bond acceptors (Lipinski definition) is 7. The molecule has 9 nitrogen and oxygen atoms in total. The van der Waals surface area contributed by atoms with Gasteiger partial charge in [0, 0.05) is 0 Å². The van der Waals surface area contributed by atoms with E-state index in [-0.39, 0.29) is 23.7 Å². The Labute approximate surface area is 101 Å². The summed E-state index contributed by atoms with van der Waals surface area (Å²) in [6.07, 6.45) is -1.20. The number of imidazole rings is 1. The highest BCUT2D eigenvalue weighted by molar-refractivity contribution is 5.70. The molecule has 0 aromatic carbocycles. The first-order valence-electron chi connectivity index (χ1n) is 5.20. The number of H-pyrrole nitrogens is 1. The molecule has 0 saturated carbocycles. The van der Waals surface area contributed by atoms with Crippen LogP contribution in [0.4, 0.5) is 5.95 Å². The van der Waals surface area contributed by atoms with Crippen LogP contribution >= 0.6 is 0 Å². The van der Waals surface area contributed by atoms with E-state index in [1.165, 1.54) is 10.9 Å². The molecule has 9 heteroatoms. The van der Waals surface area contributed by atoms with E-state index in [1.54, 1.807) is 0 Å². The zero-order valence-corrected chi connectivity index (χ0v) is 9.32. The van der Waals surface area contributed by atoms with Gasteiger partial charge < -0.3 is 25.6 Å². The Hall–Kier alpha value is -1.97. The number of aliphatic hydroxyl groups excluding tert-OH is 3. The zero-order valence-electron chi connectivity index (χ0n) is 9.32. The van der Waals surface area contributed by atoms with Crippen LogP contribution in [0.5, 0.6) is 0 Å². The van der Waals surface area contributed by atoms with Gasteiger partial charge in [0.2, 0.25) is 5.95 Å². The molecule has 0 spiro atoms. The zero-order chi connectivity index (χ0) is 13.3. The molecule has 0 radical (unpaired) electrons. The van der Waals surface area contributed by atoms with Crippen LogP contribution in [-0.2, 0) is 6.54 Å². The highest BCUT2D eigenvalue weighted by Crippen LogP contribution is 2.08. The molecule has 0 amide bonds. The summed E-state index contributed by atoms with van der Waals surface area (Å²) in [6, 6.07) is 0. The van der Waals surface area contributed by atoms with Crippen molar-refractivity contribution in [1.29, 1.82) is 0 Å². The molecular weight excluding hydrogens is 242 g/mol.